The zero-order valence-electron chi connectivity index (χ0n) is 13.5. The van der Waals surface area contributed by atoms with Crippen molar-refractivity contribution >= 4 is 12.1 Å². The van der Waals surface area contributed by atoms with E-state index >= 15 is 0 Å². The van der Waals surface area contributed by atoms with Gasteiger partial charge in [0.05, 0.1) is 18.1 Å². The van der Waals surface area contributed by atoms with Crippen LogP contribution in [0.25, 0.3) is 0 Å². The van der Waals surface area contributed by atoms with Crippen molar-refractivity contribution in [3.05, 3.63) is 0 Å². The van der Waals surface area contributed by atoms with Crippen molar-refractivity contribution in [1.82, 2.24) is 10.2 Å². The second-order valence-electron chi connectivity index (χ2n) is 7.47. The molecular formula is C15H26N2O5. The van der Waals surface area contributed by atoms with Crippen LogP contribution >= 0.6 is 0 Å². The van der Waals surface area contributed by atoms with E-state index in [-0.39, 0.29) is 19.5 Å². The fourth-order valence-electron chi connectivity index (χ4n) is 2.68. The molecule has 2 rings (SSSR count). The van der Waals surface area contributed by atoms with Gasteiger partial charge in [0.1, 0.15) is 5.60 Å². The van der Waals surface area contributed by atoms with Gasteiger partial charge in [-0.25, -0.2) is 4.79 Å². The summed E-state index contributed by atoms with van der Waals surface area (Å²) in [5.41, 5.74) is -1.24. The van der Waals surface area contributed by atoms with Gasteiger partial charge in [-0.1, -0.05) is 0 Å². The summed E-state index contributed by atoms with van der Waals surface area (Å²) < 4.78 is 5.28. The van der Waals surface area contributed by atoms with E-state index in [2.05, 4.69) is 5.32 Å². The number of hydrogen-bond acceptors (Lipinski definition) is 5. The SMILES string of the molecule is CC(C)(C)OC(=O)N1CC(CC(=O)O)(NCC(O)C2CC2)C1. The molecule has 1 aliphatic carbocycles. The fourth-order valence-corrected chi connectivity index (χ4v) is 2.68. The van der Waals surface area contributed by atoms with E-state index in [1.54, 1.807) is 20.8 Å². The normalized spacial score (nSPS) is 21.9. The number of hydrogen-bond donors (Lipinski definition) is 3. The molecule has 22 heavy (non-hydrogen) atoms. The first-order chi connectivity index (χ1) is 10.1. The zero-order chi connectivity index (χ0) is 16.5. The predicted molar refractivity (Wildman–Crippen MR) is 79.5 cm³/mol. The van der Waals surface area contributed by atoms with Crippen LogP contribution in [0.5, 0.6) is 0 Å². The fraction of sp³-hybridized carbons (Fsp3) is 0.867. The number of amides is 1. The smallest absolute Gasteiger partial charge is 0.410 e. The molecule has 0 radical (unpaired) electrons. The van der Waals surface area contributed by atoms with Gasteiger partial charge in [-0.3, -0.25) is 4.79 Å². The number of nitrogens with zero attached hydrogens (tertiary/aromatic N) is 1. The number of carbonyl (C=O) groups excluding carboxylic acids is 1. The molecule has 7 nitrogen and oxygen atoms in total. The molecular weight excluding hydrogens is 288 g/mol. The van der Waals surface area contributed by atoms with Crippen LogP contribution in [0.4, 0.5) is 4.79 Å². The largest absolute Gasteiger partial charge is 0.481 e. The lowest BCUT2D eigenvalue weighted by Gasteiger charge is -2.50. The topological polar surface area (TPSA) is 99.1 Å². The Bertz CT molecular complexity index is 436. The van der Waals surface area contributed by atoms with Crippen molar-refractivity contribution in [3.63, 3.8) is 0 Å². The first-order valence-electron chi connectivity index (χ1n) is 7.73. The molecule has 3 N–H and O–H groups in total. The number of likely N-dealkylation sites (tertiary alicyclic amines) is 1. The predicted octanol–water partition coefficient (Wildman–Crippen LogP) is 0.811. The molecule has 0 aromatic heterocycles. The van der Waals surface area contributed by atoms with Crippen molar-refractivity contribution in [2.45, 2.75) is 57.3 Å². The van der Waals surface area contributed by atoms with Gasteiger partial charge in [0, 0.05) is 19.6 Å². The number of rotatable bonds is 6. The highest BCUT2D eigenvalue weighted by Gasteiger charge is 2.48. The molecule has 1 amide bonds. The maximum atomic E-state index is 11.9. The maximum absolute atomic E-state index is 11.9. The van der Waals surface area contributed by atoms with Crippen molar-refractivity contribution in [3.8, 4) is 0 Å². The molecule has 1 heterocycles. The lowest BCUT2D eigenvalue weighted by molar-refractivity contribution is -0.141. The Morgan fingerprint density at radius 3 is 2.41 bits per heavy atom. The number of aliphatic hydroxyl groups is 1. The summed E-state index contributed by atoms with van der Waals surface area (Å²) in [4.78, 5) is 24.5. The van der Waals surface area contributed by atoms with E-state index in [1.165, 1.54) is 4.90 Å². The molecule has 126 valence electrons. The number of β-amino-alcohol motifs (C(OH)–C–C–N with tert-alkyl or cyclic N) is 1. The standard InChI is InChI=1S/C15H26N2O5/c1-14(2,3)22-13(21)17-8-15(9-17,6-12(19)20)16-7-11(18)10-4-5-10/h10-11,16,18H,4-9H2,1-3H3,(H,19,20). The van der Waals surface area contributed by atoms with E-state index in [4.69, 9.17) is 9.84 Å². The summed E-state index contributed by atoms with van der Waals surface area (Å²) in [5.74, 6) is -0.589. The molecule has 2 aliphatic rings. The summed E-state index contributed by atoms with van der Waals surface area (Å²) in [6.07, 6.45) is 1.10. The number of carboxylic acid groups (broad SMARTS) is 1. The number of aliphatic carboxylic acids is 1. The molecule has 0 aromatic rings. The molecule has 2 fully saturated rings. The van der Waals surface area contributed by atoms with Crippen LogP contribution < -0.4 is 5.32 Å². The molecule has 7 heteroatoms. The number of aliphatic hydroxyl groups excluding tert-OH is 1. The van der Waals surface area contributed by atoms with Crippen LogP contribution in [0, 0.1) is 5.92 Å². The van der Waals surface area contributed by atoms with Crippen molar-refractivity contribution < 1.29 is 24.5 Å². The van der Waals surface area contributed by atoms with E-state index < -0.39 is 29.3 Å². The number of ether oxygens (including phenoxy) is 1. The molecule has 0 bridgehead atoms. The number of nitrogens with one attached hydrogen (secondary N) is 1. The third-order valence-electron chi connectivity index (χ3n) is 3.98. The maximum Gasteiger partial charge on any atom is 0.410 e. The Morgan fingerprint density at radius 2 is 1.95 bits per heavy atom. The van der Waals surface area contributed by atoms with Gasteiger partial charge in [-0.15, -0.1) is 0 Å². The van der Waals surface area contributed by atoms with Crippen LogP contribution in [0.1, 0.15) is 40.0 Å². The lowest BCUT2D eigenvalue weighted by Crippen LogP contribution is -2.72. The quantitative estimate of drug-likeness (QED) is 0.671. The monoisotopic (exact) mass is 314 g/mol. The van der Waals surface area contributed by atoms with Gasteiger partial charge >= 0.3 is 12.1 Å². The average molecular weight is 314 g/mol. The molecule has 0 aromatic carbocycles. The lowest BCUT2D eigenvalue weighted by atomic mass is 9.86. The third-order valence-corrected chi connectivity index (χ3v) is 3.98. The Kier molecular flexibility index (Phi) is 4.67. The minimum atomic E-state index is -0.919. The van der Waals surface area contributed by atoms with E-state index in [0.717, 1.165) is 12.8 Å². The van der Waals surface area contributed by atoms with Gasteiger partial charge in [-0.2, -0.15) is 0 Å². The van der Waals surface area contributed by atoms with Gasteiger partial charge in [0.25, 0.3) is 0 Å². The molecule has 0 spiro atoms. The molecule has 1 aliphatic heterocycles. The van der Waals surface area contributed by atoms with Crippen LogP contribution in [0.3, 0.4) is 0 Å². The highest BCUT2D eigenvalue weighted by molar-refractivity contribution is 5.73. The summed E-state index contributed by atoms with van der Waals surface area (Å²) in [6.45, 7) is 6.30. The molecule has 1 unspecified atom stereocenters. The van der Waals surface area contributed by atoms with E-state index in [0.29, 0.717) is 12.5 Å². The Labute approximate surface area is 130 Å². The Hall–Kier alpha value is -1.34. The van der Waals surface area contributed by atoms with Gasteiger partial charge in [-0.05, 0) is 39.5 Å². The summed E-state index contributed by atoms with van der Waals surface area (Å²) in [6, 6.07) is 0. The number of carboxylic acids is 1. The molecule has 1 saturated heterocycles. The van der Waals surface area contributed by atoms with Gasteiger partial charge in [0.2, 0.25) is 0 Å². The second-order valence-corrected chi connectivity index (χ2v) is 7.47. The summed E-state index contributed by atoms with van der Waals surface area (Å²) >= 11 is 0. The van der Waals surface area contributed by atoms with Crippen LogP contribution in [0.2, 0.25) is 0 Å². The van der Waals surface area contributed by atoms with Gasteiger partial charge in [0.15, 0.2) is 0 Å². The Morgan fingerprint density at radius 1 is 1.36 bits per heavy atom. The van der Waals surface area contributed by atoms with Crippen molar-refractivity contribution in [2.24, 2.45) is 5.92 Å². The minimum Gasteiger partial charge on any atom is -0.481 e. The van der Waals surface area contributed by atoms with Crippen LogP contribution in [-0.4, -0.2) is 64.1 Å². The van der Waals surface area contributed by atoms with E-state index in [1.807, 2.05) is 0 Å². The first kappa shape index (κ1) is 17.0. The Balaban J connectivity index is 1.86. The third kappa shape index (κ3) is 4.58. The second kappa shape index (κ2) is 6.04. The van der Waals surface area contributed by atoms with Gasteiger partial charge < -0.3 is 25.2 Å². The number of carbonyl (C=O) groups is 2. The minimum absolute atomic E-state index is 0.0797. The zero-order valence-corrected chi connectivity index (χ0v) is 13.5. The van der Waals surface area contributed by atoms with Crippen molar-refractivity contribution in [2.75, 3.05) is 19.6 Å². The highest BCUT2D eigenvalue weighted by atomic mass is 16.6. The molecule has 1 atom stereocenters. The van der Waals surface area contributed by atoms with Crippen molar-refractivity contribution in [1.29, 1.82) is 0 Å². The highest BCUT2D eigenvalue weighted by Crippen LogP contribution is 2.33. The average Bonchev–Trinajstić information content (AvgIpc) is 3.12. The molecule has 1 saturated carbocycles. The van der Waals surface area contributed by atoms with Crippen LogP contribution in [-0.2, 0) is 9.53 Å². The summed E-state index contributed by atoms with van der Waals surface area (Å²) in [7, 11) is 0. The first-order valence-corrected chi connectivity index (χ1v) is 7.73. The van der Waals surface area contributed by atoms with E-state index in [9.17, 15) is 14.7 Å². The van der Waals surface area contributed by atoms with Crippen LogP contribution in [0.15, 0.2) is 0 Å². The summed E-state index contributed by atoms with van der Waals surface area (Å²) in [5, 5.41) is 22.1.